The summed E-state index contributed by atoms with van der Waals surface area (Å²) in [5, 5.41) is 3.16. The summed E-state index contributed by atoms with van der Waals surface area (Å²) in [5.41, 5.74) is 1.88. The van der Waals surface area contributed by atoms with Gasteiger partial charge in [-0.2, -0.15) is 13.0 Å². The minimum absolute atomic E-state index is 0. The van der Waals surface area contributed by atoms with Crippen LogP contribution in [0.15, 0.2) is 58.1 Å². The monoisotopic (exact) mass is 673 g/mol. The molecule has 8 nitrogen and oxygen atoms in total. The van der Waals surface area contributed by atoms with E-state index in [0.29, 0.717) is 29.6 Å². The Hall–Kier alpha value is -0.380. The number of thioether (sulfide) groups is 1. The standard InChI is InChI=1S/C25H28Cl2N2O6S4.Na/c1-2-17(13-24-28(9-3-11-38(30,31)32)20-15-18(26)5-7-22(20)36-24)14-25-29(10-4-12-39(33,34)35)21-16-19(27)6-8-23(21)37-25;/h5-8,13-16,20,22H,2-4,9-12H2,1H3,(H-,30,31,32,33,34,35);/q;+1. The van der Waals surface area contributed by atoms with Crippen molar-refractivity contribution in [2.75, 3.05) is 18.1 Å². The van der Waals surface area contributed by atoms with Gasteiger partial charge in [-0.1, -0.05) is 59.3 Å². The van der Waals surface area contributed by atoms with Crippen molar-refractivity contribution in [2.24, 2.45) is 0 Å². The fourth-order valence-electron chi connectivity index (χ4n) is 4.51. The largest absolute Gasteiger partial charge is 1.00 e. The topological polar surface area (TPSA) is 119 Å². The number of halogens is 2. The maximum absolute atomic E-state index is 11.3. The Morgan fingerprint density at radius 1 is 1.20 bits per heavy atom. The average Bonchev–Trinajstić information content (AvgIpc) is 3.34. The van der Waals surface area contributed by atoms with Crippen LogP contribution in [0, 0.1) is 0 Å². The Balaban J connectivity index is 0.00000441. The summed E-state index contributed by atoms with van der Waals surface area (Å²) in [6, 6.07) is 5.51. The molecule has 1 aliphatic carbocycles. The first-order chi connectivity index (χ1) is 18.3. The zero-order chi connectivity index (χ0) is 28.4. The van der Waals surface area contributed by atoms with Gasteiger partial charge in [0.05, 0.1) is 32.2 Å². The molecule has 0 bridgehead atoms. The van der Waals surface area contributed by atoms with Crippen molar-refractivity contribution in [3.05, 3.63) is 68.2 Å². The van der Waals surface area contributed by atoms with Crippen molar-refractivity contribution < 1.29 is 60.1 Å². The molecule has 2 atom stereocenters. The van der Waals surface area contributed by atoms with E-state index in [2.05, 4.69) is 17.1 Å². The normalized spacial score (nSPS) is 20.6. The Morgan fingerprint density at radius 2 is 1.95 bits per heavy atom. The van der Waals surface area contributed by atoms with Crippen LogP contribution in [0.1, 0.15) is 31.2 Å². The zero-order valence-corrected chi connectivity index (χ0v) is 28.8. The molecule has 2 heterocycles. The van der Waals surface area contributed by atoms with Gasteiger partial charge in [-0.05, 0) is 48.8 Å². The Bertz CT molecular complexity index is 1590. The molecule has 1 N–H and O–H groups in total. The van der Waals surface area contributed by atoms with Crippen LogP contribution in [0.4, 0.5) is 0 Å². The van der Waals surface area contributed by atoms with E-state index < -0.39 is 26.0 Å². The summed E-state index contributed by atoms with van der Waals surface area (Å²) < 4.78 is 68.4. The fraction of sp³-hybridized carbons (Fsp3) is 0.400. The van der Waals surface area contributed by atoms with Gasteiger partial charge in [0.1, 0.15) is 4.70 Å². The Morgan fingerprint density at radius 3 is 2.62 bits per heavy atom. The molecule has 1 saturated heterocycles. The minimum atomic E-state index is -4.32. The molecule has 1 aliphatic heterocycles. The first-order valence-corrected chi connectivity index (χ1v) is 17.9. The molecule has 15 heteroatoms. The molecule has 2 aliphatic rings. The number of hydrogen-bond donors (Lipinski definition) is 1. The van der Waals surface area contributed by atoms with E-state index in [4.69, 9.17) is 23.2 Å². The van der Waals surface area contributed by atoms with E-state index >= 15 is 0 Å². The number of rotatable bonds is 11. The number of fused-ring (bicyclic) bond motifs is 2. The fourth-order valence-corrected chi connectivity index (χ4v) is 8.37. The number of thiazole rings is 1. The second-order valence-corrected chi connectivity index (χ2v) is 15.4. The van der Waals surface area contributed by atoms with E-state index in [1.165, 1.54) is 0 Å². The number of aryl methyl sites for hydroxylation is 1. The smallest absolute Gasteiger partial charge is 0.748 e. The second kappa shape index (κ2) is 14.4. The minimum Gasteiger partial charge on any atom is -0.748 e. The zero-order valence-electron chi connectivity index (χ0n) is 22.0. The van der Waals surface area contributed by atoms with Gasteiger partial charge in [-0.25, -0.2) is 8.42 Å². The van der Waals surface area contributed by atoms with Gasteiger partial charge in [0.15, 0.2) is 6.54 Å². The molecular weight excluding hydrogens is 646 g/mol. The summed E-state index contributed by atoms with van der Waals surface area (Å²) in [7, 11) is -8.39. The van der Waals surface area contributed by atoms with Crippen LogP contribution in [-0.2, 0) is 26.8 Å². The molecular formula is C25H28Cl2N2NaO6S4+. The maximum Gasteiger partial charge on any atom is 1.00 e. The van der Waals surface area contributed by atoms with Crippen molar-refractivity contribution >= 4 is 82.8 Å². The van der Waals surface area contributed by atoms with Crippen molar-refractivity contribution in [1.82, 2.24) is 4.90 Å². The molecule has 1 fully saturated rings. The SMILES string of the molecule is CCC(=C/c1sc2ccc(Cl)cc2[n+]1CCCS(=O)(=O)[O-])/C=C1/SC2C=CC(Cl)=CC2N1CCCS(=O)(=O)O.[Na+]. The summed E-state index contributed by atoms with van der Waals surface area (Å²) in [5.74, 6) is -0.778. The summed E-state index contributed by atoms with van der Waals surface area (Å²) in [6.45, 7) is 2.81. The van der Waals surface area contributed by atoms with E-state index in [0.717, 1.165) is 25.8 Å². The number of aromatic nitrogens is 1. The average molecular weight is 675 g/mol. The van der Waals surface area contributed by atoms with Crippen LogP contribution in [0.5, 0.6) is 0 Å². The van der Waals surface area contributed by atoms with Crippen molar-refractivity contribution in [2.45, 2.75) is 44.0 Å². The molecule has 0 saturated carbocycles. The molecule has 0 spiro atoms. The molecule has 2 aromatic rings. The van der Waals surface area contributed by atoms with Crippen LogP contribution in [0.25, 0.3) is 16.3 Å². The first kappa shape index (κ1) is 34.1. The Kier molecular flexibility index (Phi) is 12.3. The van der Waals surface area contributed by atoms with Crippen LogP contribution in [0.2, 0.25) is 5.02 Å². The first-order valence-electron chi connectivity index (χ1n) is 12.2. The van der Waals surface area contributed by atoms with Crippen LogP contribution in [-0.4, -0.2) is 60.2 Å². The predicted molar refractivity (Wildman–Crippen MR) is 159 cm³/mol. The van der Waals surface area contributed by atoms with Gasteiger partial charge >= 0.3 is 29.6 Å². The molecule has 4 rings (SSSR count). The molecule has 2 unspecified atom stereocenters. The maximum atomic E-state index is 11.3. The van der Waals surface area contributed by atoms with Gasteiger partial charge in [-0.3, -0.25) is 4.55 Å². The van der Waals surface area contributed by atoms with Crippen molar-refractivity contribution in [3.8, 4) is 0 Å². The number of benzene rings is 1. The third kappa shape index (κ3) is 9.31. The van der Waals surface area contributed by atoms with Gasteiger partial charge in [0, 0.05) is 40.9 Å². The van der Waals surface area contributed by atoms with Gasteiger partial charge in [-0.15, -0.1) is 0 Å². The van der Waals surface area contributed by atoms with Crippen molar-refractivity contribution in [3.63, 3.8) is 0 Å². The van der Waals surface area contributed by atoms with Crippen LogP contribution in [0.3, 0.4) is 0 Å². The summed E-state index contributed by atoms with van der Waals surface area (Å²) >= 11 is 15.7. The van der Waals surface area contributed by atoms with Gasteiger partial charge < -0.3 is 9.45 Å². The van der Waals surface area contributed by atoms with Gasteiger partial charge in [0.2, 0.25) is 5.52 Å². The van der Waals surface area contributed by atoms with E-state index in [-0.39, 0.29) is 59.4 Å². The number of hydrogen-bond acceptors (Lipinski definition) is 8. The van der Waals surface area contributed by atoms with Crippen LogP contribution < -0.4 is 34.1 Å². The van der Waals surface area contributed by atoms with Crippen LogP contribution >= 0.6 is 46.3 Å². The third-order valence-corrected chi connectivity index (χ3v) is 10.8. The molecule has 0 amide bonds. The summed E-state index contributed by atoms with van der Waals surface area (Å²) in [4.78, 5) is 2.12. The molecule has 40 heavy (non-hydrogen) atoms. The van der Waals surface area contributed by atoms with E-state index in [9.17, 15) is 25.9 Å². The Labute approximate surface area is 275 Å². The molecule has 0 radical (unpaired) electrons. The molecule has 212 valence electrons. The van der Waals surface area contributed by atoms with E-state index in [1.807, 2.05) is 41.9 Å². The van der Waals surface area contributed by atoms with Gasteiger partial charge in [0.25, 0.3) is 15.1 Å². The molecule has 1 aromatic carbocycles. The number of allylic oxidation sites excluding steroid dienone is 4. The molecule has 1 aromatic heterocycles. The van der Waals surface area contributed by atoms with Crippen molar-refractivity contribution in [1.29, 1.82) is 0 Å². The summed E-state index contributed by atoms with van der Waals surface area (Å²) in [6.07, 6.45) is 11.1. The second-order valence-electron chi connectivity index (χ2n) is 9.19. The van der Waals surface area contributed by atoms with E-state index in [1.54, 1.807) is 29.2 Å². The predicted octanol–water partition coefficient (Wildman–Crippen LogP) is 2.17. The number of nitrogens with zero attached hydrogens (tertiary/aromatic N) is 2. The third-order valence-electron chi connectivity index (χ3n) is 6.31. The quantitative estimate of drug-likeness (QED) is 0.219.